The number of hydrogen-bond acceptors (Lipinski definition) is 6. The first-order chi connectivity index (χ1) is 13.4. The molecule has 3 heterocycles. The lowest BCUT2D eigenvalue weighted by Gasteiger charge is -2.35. The van der Waals surface area contributed by atoms with Crippen LogP contribution >= 0.6 is 11.3 Å². The van der Waals surface area contributed by atoms with Crippen LogP contribution in [0.5, 0.6) is 0 Å². The smallest absolute Gasteiger partial charge is 0.247 e. The first-order valence-corrected chi connectivity index (χ1v) is 12.4. The fourth-order valence-corrected chi connectivity index (χ4v) is 6.06. The number of sulfonamides is 1. The summed E-state index contributed by atoms with van der Waals surface area (Å²) in [6, 6.07) is 7.10. The number of carbonyl (C=O) groups excluding carboxylic acids is 1. The van der Waals surface area contributed by atoms with E-state index in [4.69, 9.17) is 4.74 Å². The summed E-state index contributed by atoms with van der Waals surface area (Å²) in [5.74, 6) is -0.195. The van der Waals surface area contributed by atoms with Crippen LogP contribution in [0.3, 0.4) is 0 Å². The summed E-state index contributed by atoms with van der Waals surface area (Å²) in [5.41, 5.74) is 0.844. The van der Waals surface area contributed by atoms with Crippen molar-refractivity contribution >= 4 is 42.6 Å². The fraction of sp³-hybridized carbons (Fsp3) is 0.579. The van der Waals surface area contributed by atoms with Crippen LogP contribution in [0.4, 0.5) is 5.13 Å². The van der Waals surface area contributed by atoms with E-state index in [0.717, 1.165) is 35.9 Å². The number of hydrogen-bond donors (Lipinski definition) is 0. The minimum atomic E-state index is -3.45. The SMILES string of the molecule is CS(=O)(=O)N1CCCC[C@@H]1C(=O)N(C[C@@H]1CCCO1)c1nc2ccccc2s1. The Hall–Kier alpha value is -1.55. The van der Waals surface area contributed by atoms with Crippen molar-refractivity contribution in [2.45, 2.75) is 44.2 Å². The molecule has 0 aliphatic carbocycles. The van der Waals surface area contributed by atoms with Gasteiger partial charge in [0.25, 0.3) is 0 Å². The molecule has 152 valence electrons. The summed E-state index contributed by atoms with van der Waals surface area (Å²) in [6.07, 6.45) is 5.19. The minimum Gasteiger partial charge on any atom is -0.376 e. The lowest BCUT2D eigenvalue weighted by atomic mass is 10.0. The molecule has 0 spiro atoms. The average molecular weight is 424 g/mol. The van der Waals surface area contributed by atoms with Crippen LogP contribution in [-0.2, 0) is 19.6 Å². The summed E-state index contributed by atoms with van der Waals surface area (Å²) in [7, 11) is -3.45. The highest BCUT2D eigenvalue weighted by atomic mass is 32.2. The monoisotopic (exact) mass is 423 g/mol. The maximum Gasteiger partial charge on any atom is 0.247 e. The van der Waals surface area contributed by atoms with E-state index in [1.54, 1.807) is 4.90 Å². The predicted molar refractivity (Wildman–Crippen MR) is 110 cm³/mol. The Kier molecular flexibility index (Phi) is 5.69. The average Bonchev–Trinajstić information content (AvgIpc) is 3.34. The van der Waals surface area contributed by atoms with E-state index in [2.05, 4.69) is 4.98 Å². The number of aromatic nitrogens is 1. The largest absolute Gasteiger partial charge is 0.376 e. The summed E-state index contributed by atoms with van der Waals surface area (Å²) in [5, 5.41) is 0.612. The van der Waals surface area contributed by atoms with Gasteiger partial charge in [-0.2, -0.15) is 4.31 Å². The van der Waals surface area contributed by atoms with Gasteiger partial charge in [-0.3, -0.25) is 9.69 Å². The zero-order chi connectivity index (χ0) is 19.7. The number of piperidine rings is 1. The second-order valence-corrected chi connectivity index (χ2v) is 10.4. The van der Waals surface area contributed by atoms with Gasteiger partial charge in [0.1, 0.15) is 6.04 Å². The number of benzene rings is 1. The third-order valence-electron chi connectivity index (χ3n) is 5.35. The zero-order valence-corrected chi connectivity index (χ0v) is 17.5. The molecule has 2 aliphatic rings. The maximum atomic E-state index is 13.6. The molecule has 0 radical (unpaired) electrons. The van der Waals surface area contributed by atoms with Gasteiger partial charge in [0.05, 0.1) is 29.1 Å². The molecule has 2 fully saturated rings. The molecule has 28 heavy (non-hydrogen) atoms. The zero-order valence-electron chi connectivity index (χ0n) is 15.9. The van der Waals surface area contributed by atoms with E-state index in [9.17, 15) is 13.2 Å². The van der Waals surface area contributed by atoms with Crippen LogP contribution in [0.1, 0.15) is 32.1 Å². The van der Waals surface area contributed by atoms with E-state index in [0.29, 0.717) is 31.2 Å². The van der Waals surface area contributed by atoms with E-state index >= 15 is 0 Å². The molecule has 2 aliphatic heterocycles. The predicted octanol–water partition coefficient (Wildman–Crippen LogP) is 2.62. The van der Waals surface area contributed by atoms with E-state index < -0.39 is 16.1 Å². The number of thiazole rings is 1. The molecule has 0 bridgehead atoms. The van der Waals surface area contributed by atoms with E-state index in [-0.39, 0.29) is 12.0 Å². The van der Waals surface area contributed by atoms with Crippen molar-refractivity contribution in [3.05, 3.63) is 24.3 Å². The van der Waals surface area contributed by atoms with Gasteiger partial charge in [0, 0.05) is 13.2 Å². The molecule has 0 saturated carbocycles. The maximum absolute atomic E-state index is 13.6. The van der Waals surface area contributed by atoms with Gasteiger partial charge in [-0.05, 0) is 37.8 Å². The molecule has 1 aromatic heterocycles. The molecule has 7 nitrogen and oxygen atoms in total. The Labute approximate surface area is 169 Å². The number of rotatable bonds is 5. The van der Waals surface area contributed by atoms with Crippen molar-refractivity contribution in [1.82, 2.24) is 9.29 Å². The Morgan fingerprint density at radius 2 is 2.11 bits per heavy atom. The minimum absolute atomic E-state index is 0.0359. The number of para-hydroxylation sites is 1. The summed E-state index contributed by atoms with van der Waals surface area (Å²) in [4.78, 5) is 19.9. The van der Waals surface area contributed by atoms with Crippen molar-refractivity contribution in [3.8, 4) is 0 Å². The standard InChI is InChI=1S/C19H25N3O4S2/c1-28(24,25)22-11-5-4-9-16(22)18(23)21(13-14-7-6-12-26-14)19-20-15-8-2-3-10-17(15)27-19/h2-3,8,10,14,16H,4-7,9,11-13H2,1H3/t14-,16+/m0/s1. The molecule has 2 atom stereocenters. The third-order valence-corrected chi connectivity index (χ3v) is 7.70. The number of carbonyl (C=O) groups is 1. The Morgan fingerprint density at radius 3 is 2.82 bits per heavy atom. The molecule has 2 saturated heterocycles. The quantitative estimate of drug-likeness (QED) is 0.739. The van der Waals surface area contributed by atoms with Gasteiger partial charge in [0.2, 0.25) is 15.9 Å². The van der Waals surface area contributed by atoms with Gasteiger partial charge in [-0.1, -0.05) is 29.9 Å². The topological polar surface area (TPSA) is 79.8 Å². The Morgan fingerprint density at radius 1 is 1.29 bits per heavy atom. The molecule has 0 unspecified atom stereocenters. The lowest BCUT2D eigenvalue weighted by Crippen LogP contribution is -2.54. The van der Waals surface area contributed by atoms with Crippen LogP contribution in [0.2, 0.25) is 0 Å². The Bertz CT molecular complexity index is 920. The highest BCUT2D eigenvalue weighted by molar-refractivity contribution is 7.88. The molecule has 1 amide bonds. The van der Waals surface area contributed by atoms with Crippen LogP contribution in [0, 0.1) is 0 Å². The fourth-order valence-electron chi connectivity index (χ4n) is 3.96. The van der Waals surface area contributed by atoms with Crippen molar-refractivity contribution in [2.24, 2.45) is 0 Å². The summed E-state index contributed by atoms with van der Waals surface area (Å²) in [6.45, 7) is 1.50. The van der Waals surface area contributed by atoms with Gasteiger partial charge in [0.15, 0.2) is 5.13 Å². The second-order valence-electron chi connectivity index (χ2n) is 7.43. The number of amides is 1. The van der Waals surface area contributed by atoms with Crippen LogP contribution in [0.15, 0.2) is 24.3 Å². The van der Waals surface area contributed by atoms with Crippen molar-refractivity contribution in [2.75, 3.05) is 30.9 Å². The normalized spacial score (nSPS) is 23.9. The second kappa shape index (κ2) is 8.06. The number of anilines is 1. The van der Waals surface area contributed by atoms with E-state index in [1.165, 1.54) is 21.9 Å². The molecular weight excluding hydrogens is 398 g/mol. The number of fused-ring (bicyclic) bond motifs is 1. The van der Waals surface area contributed by atoms with Crippen LogP contribution < -0.4 is 4.90 Å². The molecular formula is C19H25N3O4S2. The van der Waals surface area contributed by atoms with Gasteiger partial charge in [-0.15, -0.1) is 0 Å². The molecule has 2 aromatic rings. The molecule has 0 N–H and O–H groups in total. The van der Waals surface area contributed by atoms with Gasteiger partial charge in [-0.25, -0.2) is 13.4 Å². The molecule has 9 heteroatoms. The van der Waals surface area contributed by atoms with Crippen LogP contribution in [0.25, 0.3) is 10.2 Å². The van der Waals surface area contributed by atoms with Crippen molar-refractivity contribution in [3.63, 3.8) is 0 Å². The van der Waals surface area contributed by atoms with Crippen molar-refractivity contribution in [1.29, 1.82) is 0 Å². The Balaban J connectivity index is 1.68. The van der Waals surface area contributed by atoms with Gasteiger partial charge >= 0.3 is 0 Å². The number of nitrogens with zero attached hydrogens (tertiary/aromatic N) is 3. The van der Waals surface area contributed by atoms with Crippen molar-refractivity contribution < 1.29 is 17.9 Å². The summed E-state index contributed by atoms with van der Waals surface area (Å²) < 4.78 is 32.6. The van der Waals surface area contributed by atoms with E-state index in [1.807, 2.05) is 24.3 Å². The first kappa shape index (κ1) is 19.8. The first-order valence-electron chi connectivity index (χ1n) is 9.69. The number of ether oxygens (including phenoxy) is 1. The molecule has 4 rings (SSSR count). The van der Waals surface area contributed by atoms with Gasteiger partial charge < -0.3 is 4.74 Å². The van der Waals surface area contributed by atoms with Crippen LogP contribution in [-0.4, -0.2) is 61.7 Å². The summed E-state index contributed by atoms with van der Waals surface area (Å²) >= 11 is 1.46. The highest BCUT2D eigenvalue weighted by Crippen LogP contribution is 2.32. The third kappa shape index (κ3) is 4.07. The lowest BCUT2D eigenvalue weighted by molar-refractivity contribution is -0.123. The molecule has 1 aromatic carbocycles. The highest BCUT2D eigenvalue weighted by Gasteiger charge is 2.39.